The summed E-state index contributed by atoms with van der Waals surface area (Å²) in [6, 6.07) is 5.56. The third kappa shape index (κ3) is 7.77. The summed E-state index contributed by atoms with van der Waals surface area (Å²) in [6.45, 7) is 4.31. The molecule has 0 N–H and O–H groups in total. The van der Waals surface area contributed by atoms with Gasteiger partial charge in [0.25, 0.3) is 0 Å². The molecule has 0 aliphatic rings. The van der Waals surface area contributed by atoms with Crippen molar-refractivity contribution in [2.75, 3.05) is 28.4 Å². The molecule has 7 nitrogen and oxygen atoms in total. The van der Waals surface area contributed by atoms with E-state index in [1.165, 1.54) is 25.7 Å². The van der Waals surface area contributed by atoms with Crippen LogP contribution < -0.4 is 18.9 Å². The number of hydrogen-bond acceptors (Lipinski definition) is 7. The van der Waals surface area contributed by atoms with Gasteiger partial charge in [-0.25, -0.2) is 4.79 Å². The van der Waals surface area contributed by atoms with Crippen LogP contribution in [0.2, 0.25) is 0 Å². The van der Waals surface area contributed by atoms with Crippen molar-refractivity contribution in [3.8, 4) is 23.0 Å². The van der Waals surface area contributed by atoms with Crippen molar-refractivity contribution in [2.24, 2.45) is 5.16 Å². The third-order valence-electron chi connectivity index (χ3n) is 6.31. The van der Waals surface area contributed by atoms with Crippen LogP contribution in [0.15, 0.2) is 23.4 Å². The number of nitrogens with zero attached hydrogens (tertiary/aromatic N) is 1. The quantitative estimate of drug-likeness (QED) is 0.0969. The molecule has 0 saturated heterocycles. The van der Waals surface area contributed by atoms with E-state index in [9.17, 15) is 4.79 Å². The molecule has 0 aliphatic heterocycles. The molecule has 0 spiro atoms. The zero-order chi connectivity index (χ0) is 26.3. The first-order chi connectivity index (χ1) is 17.6. The van der Waals surface area contributed by atoms with E-state index in [-0.39, 0.29) is 5.97 Å². The molecular weight excluding hydrogens is 458 g/mol. The fraction of sp³-hybridized carbons (Fsp3) is 0.586. The molecule has 0 aliphatic carbocycles. The number of rotatable bonds is 17. The SMILES string of the molecule is CCCCCCCCC(=NOC(=O)CCCCC)c1cc(OC)c2c(OC)ccc(OC)c2c1OC. The van der Waals surface area contributed by atoms with Gasteiger partial charge in [-0.05, 0) is 37.5 Å². The van der Waals surface area contributed by atoms with E-state index in [1.807, 2.05) is 18.2 Å². The molecule has 0 aromatic heterocycles. The third-order valence-corrected chi connectivity index (χ3v) is 6.31. The Morgan fingerprint density at radius 1 is 0.694 bits per heavy atom. The average Bonchev–Trinajstić information content (AvgIpc) is 2.90. The summed E-state index contributed by atoms with van der Waals surface area (Å²) in [5.74, 6) is 2.12. The van der Waals surface area contributed by atoms with Gasteiger partial charge in [0.15, 0.2) is 0 Å². The molecule has 7 heteroatoms. The first kappa shape index (κ1) is 29.3. The van der Waals surface area contributed by atoms with Gasteiger partial charge >= 0.3 is 5.97 Å². The Balaban J connectivity index is 2.54. The van der Waals surface area contributed by atoms with E-state index >= 15 is 0 Å². The van der Waals surface area contributed by atoms with Crippen LogP contribution in [-0.4, -0.2) is 40.1 Å². The fourth-order valence-corrected chi connectivity index (χ4v) is 4.34. The molecule has 36 heavy (non-hydrogen) atoms. The normalized spacial score (nSPS) is 11.4. The summed E-state index contributed by atoms with van der Waals surface area (Å²) >= 11 is 0. The molecule has 200 valence electrons. The molecule has 0 unspecified atom stereocenters. The van der Waals surface area contributed by atoms with Crippen LogP contribution in [0, 0.1) is 0 Å². The zero-order valence-corrected chi connectivity index (χ0v) is 22.9. The maximum Gasteiger partial charge on any atom is 0.335 e. The van der Waals surface area contributed by atoms with Crippen molar-refractivity contribution in [3.05, 3.63) is 23.8 Å². The molecule has 0 radical (unpaired) electrons. The molecule has 2 rings (SSSR count). The second-order valence-corrected chi connectivity index (χ2v) is 8.86. The number of carbonyl (C=O) groups excluding carboxylic acids is 1. The lowest BCUT2D eigenvalue weighted by atomic mass is 9.96. The summed E-state index contributed by atoms with van der Waals surface area (Å²) in [4.78, 5) is 17.7. The van der Waals surface area contributed by atoms with Crippen molar-refractivity contribution in [2.45, 2.75) is 84.5 Å². The average molecular weight is 502 g/mol. The monoisotopic (exact) mass is 501 g/mol. The lowest BCUT2D eigenvalue weighted by Crippen LogP contribution is -2.09. The van der Waals surface area contributed by atoms with Crippen LogP contribution in [0.5, 0.6) is 23.0 Å². The van der Waals surface area contributed by atoms with Gasteiger partial charge < -0.3 is 23.8 Å². The van der Waals surface area contributed by atoms with Gasteiger partial charge in [0.05, 0.1) is 44.9 Å². The molecule has 0 fully saturated rings. The zero-order valence-electron chi connectivity index (χ0n) is 22.9. The van der Waals surface area contributed by atoms with Gasteiger partial charge in [0.2, 0.25) is 0 Å². The van der Waals surface area contributed by atoms with Crippen LogP contribution in [0.3, 0.4) is 0 Å². The molecule has 0 heterocycles. The Hall–Kier alpha value is -2.96. The summed E-state index contributed by atoms with van der Waals surface area (Å²) in [5.41, 5.74) is 1.36. The lowest BCUT2D eigenvalue weighted by Gasteiger charge is -2.19. The van der Waals surface area contributed by atoms with Crippen molar-refractivity contribution in [1.29, 1.82) is 0 Å². The molecule has 2 aromatic rings. The van der Waals surface area contributed by atoms with Crippen molar-refractivity contribution < 1.29 is 28.6 Å². The fourth-order valence-electron chi connectivity index (χ4n) is 4.34. The van der Waals surface area contributed by atoms with Gasteiger partial charge in [-0.1, -0.05) is 63.9 Å². The van der Waals surface area contributed by atoms with E-state index in [0.717, 1.165) is 42.9 Å². The number of carbonyl (C=O) groups is 1. The molecule has 0 bridgehead atoms. The highest BCUT2D eigenvalue weighted by Crippen LogP contribution is 2.46. The van der Waals surface area contributed by atoms with Crippen LogP contribution in [0.4, 0.5) is 0 Å². The number of methoxy groups -OCH3 is 4. The molecule has 2 aromatic carbocycles. The second kappa shape index (κ2) is 15.9. The predicted molar refractivity (Wildman–Crippen MR) is 145 cm³/mol. The van der Waals surface area contributed by atoms with Crippen LogP contribution in [-0.2, 0) is 9.63 Å². The number of unbranched alkanes of at least 4 members (excludes halogenated alkanes) is 7. The number of benzene rings is 2. The molecule has 0 atom stereocenters. The van der Waals surface area contributed by atoms with E-state index in [4.69, 9.17) is 23.8 Å². The highest BCUT2D eigenvalue weighted by atomic mass is 16.7. The highest BCUT2D eigenvalue weighted by molar-refractivity contribution is 6.12. The number of oxime groups is 1. The van der Waals surface area contributed by atoms with Crippen LogP contribution in [0.25, 0.3) is 10.8 Å². The Morgan fingerprint density at radius 2 is 1.25 bits per heavy atom. The standard InChI is InChI=1S/C29H43NO6/c1-7-9-11-12-13-15-16-22(30-36-26(31)17-14-10-8-2)21-20-25(34-5)27-23(32-3)18-19-24(33-4)28(27)29(21)35-6/h18-20H,7-17H2,1-6H3. The topological polar surface area (TPSA) is 75.6 Å². The first-order valence-electron chi connectivity index (χ1n) is 13.1. The number of hydrogen-bond donors (Lipinski definition) is 0. The summed E-state index contributed by atoms with van der Waals surface area (Å²) in [6.07, 6.45) is 10.7. The summed E-state index contributed by atoms with van der Waals surface area (Å²) < 4.78 is 23.0. The largest absolute Gasteiger partial charge is 0.496 e. The van der Waals surface area contributed by atoms with E-state index in [2.05, 4.69) is 19.0 Å². The minimum Gasteiger partial charge on any atom is -0.496 e. The van der Waals surface area contributed by atoms with Gasteiger partial charge in [-0.3, -0.25) is 0 Å². The molecule has 0 amide bonds. The number of fused-ring (bicyclic) bond motifs is 1. The Bertz CT molecular complexity index is 1000. The van der Waals surface area contributed by atoms with Crippen molar-refractivity contribution in [3.63, 3.8) is 0 Å². The maximum absolute atomic E-state index is 12.4. The minimum atomic E-state index is -0.324. The molecule has 0 saturated carbocycles. The van der Waals surface area contributed by atoms with Gasteiger partial charge in [-0.15, -0.1) is 0 Å². The van der Waals surface area contributed by atoms with Crippen LogP contribution >= 0.6 is 0 Å². The maximum atomic E-state index is 12.4. The second-order valence-electron chi connectivity index (χ2n) is 8.86. The van der Waals surface area contributed by atoms with E-state index < -0.39 is 0 Å². The number of ether oxygens (including phenoxy) is 4. The first-order valence-corrected chi connectivity index (χ1v) is 13.1. The van der Waals surface area contributed by atoms with Gasteiger partial charge in [0.1, 0.15) is 23.0 Å². The van der Waals surface area contributed by atoms with Crippen molar-refractivity contribution in [1.82, 2.24) is 0 Å². The minimum absolute atomic E-state index is 0.324. The van der Waals surface area contributed by atoms with Gasteiger partial charge in [0, 0.05) is 12.0 Å². The van der Waals surface area contributed by atoms with E-state index in [1.54, 1.807) is 28.4 Å². The van der Waals surface area contributed by atoms with E-state index in [0.29, 0.717) is 47.1 Å². The van der Waals surface area contributed by atoms with Crippen LogP contribution in [0.1, 0.15) is 90.0 Å². The smallest absolute Gasteiger partial charge is 0.335 e. The summed E-state index contributed by atoms with van der Waals surface area (Å²) in [7, 11) is 6.46. The van der Waals surface area contributed by atoms with Gasteiger partial charge in [-0.2, -0.15) is 0 Å². The van der Waals surface area contributed by atoms with Crippen molar-refractivity contribution >= 4 is 22.5 Å². The Morgan fingerprint density at radius 3 is 1.86 bits per heavy atom. The highest BCUT2D eigenvalue weighted by Gasteiger charge is 2.24. The molecular formula is C29H43NO6. The predicted octanol–water partition coefficient (Wildman–Crippen LogP) is 7.45. The Labute approximate surface area is 216 Å². The Kier molecular flexibility index (Phi) is 12.9. The summed E-state index contributed by atoms with van der Waals surface area (Å²) in [5, 5.41) is 5.82. The lowest BCUT2D eigenvalue weighted by molar-refractivity contribution is -0.143.